The molecule has 13 heteroatoms. The van der Waals surface area contributed by atoms with Crippen LogP contribution in [0.15, 0.2) is 52.3 Å². The Morgan fingerprint density at radius 3 is 2.41 bits per heavy atom. The summed E-state index contributed by atoms with van der Waals surface area (Å²) in [6, 6.07) is 10.6. The summed E-state index contributed by atoms with van der Waals surface area (Å²) in [6.07, 6.45) is 0.420. The molecule has 2 heterocycles. The average Bonchev–Trinajstić information content (AvgIpc) is 3.24. The largest absolute Gasteiger partial charge is 0.611 e. The van der Waals surface area contributed by atoms with Gasteiger partial charge in [-0.2, -0.15) is 8.42 Å². The fourth-order valence-electron chi connectivity index (χ4n) is 4.31. The summed E-state index contributed by atoms with van der Waals surface area (Å²) in [5.74, 6) is -0.972. The molecule has 0 saturated carbocycles. The van der Waals surface area contributed by atoms with Gasteiger partial charge in [-0.3, -0.25) is 23.9 Å². The van der Waals surface area contributed by atoms with Crippen LogP contribution in [-0.4, -0.2) is 80.4 Å². The van der Waals surface area contributed by atoms with Crippen molar-refractivity contribution in [3.63, 3.8) is 0 Å². The van der Waals surface area contributed by atoms with Crippen LogP contribution in [0.3, 0.4) is 0 Å². The average molecular weight is 579 g/mol. The number of benzene rings is 2. The number of hydrogen-bond donors (Lipinski definition) is 1. The van der Waals surface area contributed by atoms with Crippen LogP contribution >= 0.6 is 0 Å². The lowest BCUT2D eigenvalue weighted by Gasteiger charge is -2.29. The van der Waals surface area contributed by atoms with Gasteiger partial charge in [0, 0.05) is 17.5 Å². The van der Waals surface area contributed by atoms with E-state index in [0.29, 0.717) is 16.0 Å². The Hall–Kier alpha value is -2.81. The van der Waals surface area contributed by atoms with Gasteiger partial charge < -0.3 is 18.9 Å². The molecular formula is C26H30N2O9S2. The maximum Gasteiger partial charge on any atom is 0.297 e. The first-order valence-corrected chi connectivity index (χ1v) is 15.2. The topological polar surface area (TPSA) is 151 Å². The number of amides is 3. The van der Waals surface area contributed by atoms with Crippen LogP contribution in [0.2, 0.25) is 0 Å². The van der Waals surface area contributed by atoms with Crippen molar-refractivity contribution in [2.75, 3.05) is 38.8 Å². The number of nitrogens with one attached hydrogen (secondary N) is 1. The molecule has 2 atom stereocenters. The van der Waals surface area contributed by atoms with Crippen LogP contribution in [0.4, 0.5) is 0 Å². The summed E-state index contributed by atoms with van der Waals surface area (Å²) < 4.78 is 53.0. The Balaban J connectivity index is 1.16. The Bertz CT molecular complexity index is 1320. The second-order valence-corrected chi connectivity index (χ2v) is 12.2. The summed E-state index contributed by atoms with van der Waals surface area (Å²) >= 11 is -1.44. The fourth-order valence-corrected chi connectivity index (χ4v) is 6.37. The minimum atomic E-state index is -3.84. The Labute approximate surface area is 230 Å². The second kappa shape index (κ2) is 13.0. The maximum absolute atomic E-state index is 13.0. The Morgan fingerprint density at radius 1 is 1.00 bits per heavy atom. The molecule has 1 saturated heterocycles. The second-order valence-electron chi connectivity index (χ2n) is 9.05. The first kappa shape index (κ1) is 29.2. The third-order valence-electron chi connectivity index (χ3n) is 6.35. The minimum Gasteiger partial charge on any atom is -0.611 e. The Kier molecular flexibility index (Phi) is 9.75. The number of nitrogens with zero attached hydrogens (tertiary/aromatic N) is 1. The van der Waals surface area contributed by atoms with Gasteiger partial charge in [-0.1, -0.05) is 23.8 Å². The molecule has 2 unspecified atom stereocenters. The summed E-state index contributed by atoms with van der Waals surface area (Å²) in [6.45, 7) is 2.55. The van der Waals surface area contributed by atoms with Gasteiger partial charge in [0.2, 0.25) is 11.8 Å². The molecule has 39 heavy (non-hydrogen) atoms. The summed E-state index contributed by atoms with van der Waals surface area (Å²) in [4.78, 5) is 38.7. The van der Waals surface area contributed by atoms with Gasteiger partial charge in [0.05, 0.1) is 44.5 Å². The van der Waals surface area contributed by atoms with E-state index in [1.807, 2.05) is 6.92 Å². The molecule has 2 aromatic rings. The van der Waals surface area contributed by atoms with E-state index < -0.39 is 33.2 Å². The van der Waals surface area contributed by atoms with Gasteiger partial charge in [0.15, 0.2) is 4.90 Å². The molecular weight excluding hydrogens is 548 g/mol. The zero-order chi connectivity index (χ0) is 28.0. The molecule has 4 rings (SSSR count). The van der Waals surface area contributed by atoms with E-state index in [-0.39, 0.29) is 74.9 Å². The van der Waals surface area contributed by atoms with E-state index in [0.717, 1.165) is 5.56 Å². The van der Waals surface area contributed by atoms with Gasteiger partial charge in [-0.05, 0) is 48.8 Å². The van der Waals surface area contributed by atoms with Crippen molar-refractivity contribution in [1.82, 2.24) is 10.2 Å². The zero-order valence-electron chi connectivity index (χ0n) is 21.4. The molecule has 2 aromatic carbocycles. The van der Waals surface area contributed by atoms with E-state index in [1.165, 1.54) is 17.0 Å². The van der Waals surface area contributed by atoms with E-state index in [1.54, 1.807) is 30.3 Å². The molecule has 2 aliphatic heterocycles. The van der Waals surface area contributed by atoms with E-state index in [2.05, 4.69) is 5.32 Å². The van der Waals surface area contributed by atoms with Gasteiger partial charge >= 0.3 is 0 Å². The number of imide groups is 1. The van der Waals surface area contributed by atoms with Gasteiger partial charge in [-0.25, -0.2) is 0 Å². The summed E-state index contributed by atoms with van der Waals surface area (Å²) in [5.41, 5.74) is 1.97. The van der Waals surface area contributed by atoms with Crippen LogP contribution < -0.4 is 5.32 Å². The lowest BCUT2D eigenvalue weighted by molar-refractivity contribution is -0.136. The third-order valence-corrected chi connectivity index (χ3v) is 9.08. The fraction of sp³-hybridized carbons (Fsp3) is 0.423. The number of hydrogen-bond acceptors (Lipinski definition) is 9. The molecule has 1 fully saturated rings. The number of rotatable bonds is 13. The lowest BCUT2D eigenvalue weighted by atomic mass is 10.0. The molecule has 0 radical (unpaired) electrons. The molecule has 210 valence electrons. The van der Waals surface area contributed by atoms with Crippen molar-refractivity contribution in [1.29, 1.82) is 0 Å². The highest BCUT2D eigenvalue weighted by Crippen LogP contribution is 2.32. The van der Waals surface area contributed by atoms with Gasteiger partial charge in [-0.15, -0.1) is 0 Å². The molecule has 1 N–H and O–H groups in total. The van der Waals surface area contributed by atoms with Crippen LogP contribution in [0, 0.1) is 6.92 Å². The van der Waals surface area contributed by atoms with Gasteiger partial charge in [0.1, 0.15) is 11.8 Å². The normalized spacial score (nSPS) is 18.3. The molecule has 0 spiro atoms. The lowest BCUT2D eigenvalue weighted by Crippen LogP contribution is -2.52. The van der Waals surface area contributed by atoms with E-state index in [9.17, 15) is 27.4 Å². The summed E-state index contributed by atoms with van der Waals surface area (Å²) in [7, 11) is -3.84. The molecule has 0 bridgehead atoms. The third kappa shape index (κ3) is 7.24. The van der Waals surface area contributed by atoms with E-state index >= 15 is 0 Å². The zero-order valence-corrected chi connectivity index (χ0v) is 23.1. The molecule has 2 aliphatic rings. The first-order chi connectivity index (χ1) is 18.7. The number of piperidine rings is 1. The number of fused-ring (bicyclic) bond motifs is 1. The quantitative estimate of drug-likeness (QED) is 0.160. The van der Waals surface area contributed by atoms with Crippen LogP contribution in [0.25, 0.3) is 0 Å². The monoisotopic (exact) mass is 578 g/mol. The van der Waals surface area contributed by atoms with Crippen LogP contribution in [0.5, 0.6) is 0 Å². The van der Waals surface area contributed by atoms with Crippen molar-refractivity contribution in [3.05, 3.63) is 59.2 Å². The molecule has 0 aliphatic carbocycles. The van der Waals surface area contributed by atoms with Crippen molar-refractivity contribution >= 4 is 39.0 Å². The van der Waals surface area contributed by atoms with E-state index in [4.69, 9.17) is 13.7 Å². The predicted octanol–water partition coefficient (Wildman–Crippen LogP) is 1.30. The first-order valence-electron chi connectivity index (χ1n) is 12.4. The number of carbonyl (C=O) groups excluding carboxylic acids is 3. The highest BCUT2D eigenvalue weighted by atomic mass is 32.2. The predicted molar refractivity (Wildman–Crippen MR) is 140 cm³/mol. The highest BCUT2D eigenvalue weighted by molar-refractivity contribution is 7.91. The van der Waals surface area contributed by atoms with Crippen molar-refractivity contribution in [2.45, 2.75) is 42.1 Å². The van der Waals surface area contributed by atoms with Crippen molar-refractivity contribution in [2.24, 2.45) is 0 Å². The molecule has 0 aromatic heterocycles. The Morgan fingerprint density at radius 2 is 1.69 bits per heavy atom. The highest BCUT2D eigenvalue weighted by Gasteiger charge is 2.41. The van der Waals surface area contributed by atoms with Gasteiger partial charge in [0.25, 0.3) is 16.0 Å². The standard InChI is InChI=1S/C26H30N2O9S2/c1-18-5-7-19(8-6-18)39(33,34)37-14-13-35-11-12-36-15-16-38(32)23-4-2-3-20-21(23)17-28(26(20)31)22-9-10-24(29)27-25(22)30/h2-8,22H,9-17H2,1H3,(H,27,29,30). The number of carbonyl (C=O) groups is 3. The van der Waals surface area contributed by atoms with Crippen LogP contribution in [0.1, 0.15) is 34.3 Å². The smallest absolute Gasteiger partial charge is 0.297 e. The van der Waals surface area contributed by atoms with Crippen molar-refractivity contribution in [3.8, 4) is 0 Å². The van der Waals surface area contributed by atoms with Crippen LogP contribution in [-0.2, 0) is 51.1 Å². The number of aryl methyl sites for hydroxylation is 1. The summed E-state index contributed by atoms with van der Waals surface area (Å²) in [5, 5.41) is 2.27. The number of ether oxygens (including phenoxy) is 2. The molecule has 11 nitrogen and oxygen atoms in total. The SMILES string of the molecule is Cc1ccc(S(=O)(=O)OCCOCCOCC[S+]([O-])c2cccc3c2CN(C2CCC(=O)NC2=O)C3=O)cc1. The molecule has 3 amide bonds. The minimum absolute atomic E-state index is 0.0637. The van der Waals surface area contributed by atoms with Crippen molar-refractivity contribution < 1.29 is 41.0 Å². The maximum atomic E-state index is 13.0.